The van der Waals surface area contributed by atoms with Gasteiger partial charge < -0.3 is 10.4 Å². The van der Waals surface area contributed by atoms with Gasteiger partial charge in [-0.1, -0.05) is 35.4 Å². The van der Waals surface area contributed by atoms with E-state index >= 15 is 0 Å². The van der Waals surface area contributed by atoms with E-state index in [1.54, 1.807) is 12.1 Å². The van der Waals surface area contributed by atoms with Gasteiger partial charge in [-0.25, -0.2) is 4.79 Å². The Kier molecular flexibility index (Phi) is 2.76. The van der Waals surface area contributed by atoms with Crippen molar-refractivity contribution in [1.29, 1.82) is 0 Å². The zero-order chi connectivity index (χ0) is 12.9. The molecule has 0 unspecified atom stereocenters. The summed E-state index contributed by atoms with van der Waals surface area (Å²) < 4.78 is 0. The minimum atomic E-state index is -0.838. The highest BCUT2D eigenvalue weighted by Gasteiger charge is 2.41. The first-order valence-corrected chi connectivity index (χ1v) is 6.48. The predicted molar refractivity (Wildman–Crippen MR) is 71.5 cm³/mol. The molecule has 0 saturated carbocycles. The smallest absolute Gasteiger partial charge is 0.326 e. The van der Waals surface area contributed by atoms with Gasteiger partial charge in [0.1, 0.15) is 6.04 Å². The maximum absolute atomic E-state index is 11.3. The van der Waals surface area contributed by atoms with Gasteiger partial charge in [0.25, 0.3) is 0 Å². The molecule has 3 atom stereocenters. The summed E-state index contributed by atoms with van der Waals surface area (Å²) in [6.45, 7) is 0. The second-order valence-electron chi connectivity index (χ2n) is 4.66. The van der Waals surface area contributed by atoms with Crippen LogP contribution in [0.1, 0.15) is 17.9 Å². The Morgan fingerprint density at radius 3 is 2.89 bits per heavy atom. The van der Waals surface area contributed by atoms with Crippen molar-refractivity contribution in [2.75, 3.05) is 5.32 Å². The molecule has 1 aliphatic carbocycles. The molecule has 1 aromatic carbocycles. The third-order valence-electron chi connectivity index (χ3n) is 3.65. The topological polar surface area (TPSA) is 49.3 Å². The molecule has 3 nitrogen and oxygen atoms in total. The Hall–Kier alpha value is -1.19. The Morgan fingerprint density at radius 1 is 1.39 bits per heavy atom. The molecule has 0 spiro atoms. The first-order chi connectivity index (χ1) is 8.58. The highest BCUT2D eigenvalue weighted by atomic mass is 35.5. The standard InChI is InChI=1S/C13H11Cl2NO2/c14-6-4-9(15)11-7-2-1-3-8(7)12(13(17)18)16-10(11)5-6/h1-2,4-5,7-8,12,16H,3H2,(H,17,18)/t7-,8-,12-/m1/s1. The Morgan fingerprint density at radius 2 is 2.17 bits per heavy atom. The molecule has 0 fully saturated rings. The average molecular weight is 284 g/mol. The monoisotopic (exact) mass is 283 g/mol. The van der Waals surface area contributed by atoms with Crippen molar-refractivity contribution in [2.24, 2.45) is 5.92 Å². The SMILES string of the molecule is O=C(O)[C@@H]1Nc2cc(Cl)cc(Cl)c2[C@@H]2C=CC[C@@H]12. The number of rotatable bonds is 1. The summed E-state index contributed by atoms with van der Waals surface area (Å²) in [5.74, 6) is -0.753. The molecule has 18 heavy (non-hydrogen) atoms. The van der Waals surface area contributed by atoms with E-state index in [4.69, 9.17) is 23.2 Å². The lowest BCUT2D eigenvalue weighted by Crippen LogP contribution is -2.41. The number of hydrogen-bond acceptors (Lipinski definition) is 2. The van der Waals surface area contributed by atoms with Crippen LogP contribution in [0.15, 0.2) is 24.3 Å². The van der Waals surface area contributed by atoms with E-state index in [1.807, 2.05) is 12.2 Å². The molecule has 0 amide bonds. The molecule has 5 heteroatoms. The lowest BCUT2D eigenvalue weighted by Gasteiger charge is -2.35. The van der Waals surface area contributed by atoms with Gasteiger partial charge in [-0.3, -0.25) is 0 Å². The summed E-state index contributed by atoms with van der Waals surface area (Å²) in [5.41, 5.74) is 1.69. The van der Waals surface area contributed by atoms with Gasteiger partial charge in [-0.2, -0.15) is 0 Å². The van der Waals surface area contributed by atoms with Gasteiger partial charge in [0.15, 0.2) is 0 Å². The van der Waals surface area contributed by atoms with Gasteiger partial charge in [0.05, 0.1) is 0 Å². The molecule has 0 radical (unpaired) electrons. The van der Waals surface area contributed by atoms with E-state index in [9.17, 15) is 9.90 Å². The first-order valence-electron chi connectivity index (χ1n) is 5.73. The highest BCUT2D eigenvalue weighted by Crippen LogP contribution is 2.48. The summed E-state index contributed by atoms with van der Waals surface area (Å²) >= 11 is 12.2. The van der Waals surface area contributed by atoms with Crippen molar-refractivity contribution < 1.29 is 9.90 Å². The second-order valence-corrected chi connectivity index (χ2v) is 5.51. The number of aliphatic carboxylic acids is 1. The molecule has 3 rings (SSSR count). The molecular formula is C13H11Cl2NO2. The van der Waals surface area contributed by atoms with Crippen molar-refractivity contribution in [1.82, 2.24) is 0 Å². The highest BCUT2D eigenvalue weighted by molar-refractivity contribution is 6.35. The zero-order valence-electron chi connectivity index (χ0n) is 9.36. The number of allylic oxidation sites excluding steroid dienone is 2. The van der Waals surface area contributed by atoms with Crippen LogP contribution in [0.25, 0.3) is 0 Å². The van der Waals surface area contributed by atoms with Crippen LogP contribution in [0, 0.1) is 5.92 Å². The number of nitrogens with one attached hydrogen (secondary N) is 1. The molecule has 1 heterocycles. The predicted octanol–water partition coefficient (Wildman–Crippen LogP) is 3.53. The van der Waals surface area contributed by atoms with Crippen LogP contribution in [0.2, 0.25) is 10.0 Å². The maximum Gasteiger partial charge on any atom is 0.326 e. The van der Waals surface area contributed by atoms with E-state index in [0.29, 0.717) is 10.0 Å². The van der Waals surface area contributed by atoms with Crippen molar-refractivity contribution in [3.8, 4) is 0 Å². The van der Waals surface area contributed by atoms with Crippen molar-refractivity contribution in [3.05, 3.63) is 39.9 Å². The van der Waals surface area contributed by atoms with E-state index in [2.05, 4.69) is 5.32 Å². The summed E-state index contributed by atoms with van der Waals surface area (Å²) in [7, 11) is 0. The molecule has 1 aromatic rings. The third kappa shape index (κ3) is 1.70. The van der Waals surface area contributed by atoms with Crippen LogP contribution in [-0.4, -0.2) is 17.1 Å². The van der Waals surface area contributed by atoms with Crippen molar-refractivity contribution in [3.63, 3.8) is 0 Å². The fraction of sp³-hybridized carbons (Fsp3) is 0.308. The summed E-state index contributed by atoms with van der Waals surface area (Å²) in [5, 5.41) is 13.4. The Labute approximate surface area is 114 Å². The van der Waals surface area contributed by atoms with Crippen LogP contribution >= 0.6 is 23.2 Å². The molecule has 2 N–H and O–H groups in total. The van der Waals surface area contributed by atoms with Gasteiger partial charge in [0, 0.05) is 33.1 Å². The van der Waals surface area contributed by atoms with Crippen LogP contribution < -0.4 is 5.32 Å². The number of fused-ring (bicyclic) bond motifs is 3. The molecule has 2 aliphatic rings. The van der Waals surface area contributed by atoms with Gasteiger partial charge in [-0.05, 0) is 18.6 Å². The number of benzene rings is 1. The van der Waals surface area contributed by atoms with Crippen LogP contribution in [0.5, 0.6) is 0 Å². The lowest BCUT2D eigenvalue weighted by atomic mass is 9.79. The number of hydrogen-bond donors (Lipinski definition) is 2. The summed E-state index contributed by atoms with van der Waals surface area (Å²) in [4.78, 5) is 11.3. The van der Waals surface area contributed by atoms with Crippen molar-refractivity contribution >= 4 is 34.9 Å². The van der Waals surface area contributed by atoms with Crippen LogP contribution in [0.3, 0.4) is 0 Å². The van der Waals surface area contributed by atoms with Gasteiger partial charge in [0.2, 0.25) is 0 Å². The zero-order valence-corrected chi connectivity index (χ0v) is 10.9. The van der Waals surface area contributed by atoms with Crippen LogP contribution in [0.4, 0.5) is 5.69 Å². The molecule has 94 valence electrons. The van der Waals surface area contributed by atoms with Gasteiger partial charge in [-0.15, -0.1) is 0 Å². The fourth-order valence-electron chi connectivity index (χ4n) is 2.89. The number of halogens is 2. The quantitative estimate of drug-likeness (QED) is 0.775. The van der Waals surface area contributed by atoms with Crippen LogP contribution in [-0.2, 0) is 4.79 Å². The summed E-state index contributed by atoms with van der Waals surface area (Å²) in [6, 6.07) is 2.85. The number of carbonyl (C=O) groups is 1. The second kappa shape index (κ2) is 4.18. The summed E-state index contributed by atoms with van der Waals surface area (Å²) in [6.07, 6.45) is 4.82. The average Bonchev–Trinajstić information content (AvgIpc) is 2.75. The fourth-order valence-corrected chi connectivity index (χ4v) is 3.51. The molecule has 0 aromatic heterocycles. The minimum Gasteiger partial charge on any atom is -0.480 e. The number of carboxylic acids is 1. The lowest BCUT2D eigenvalue weighted by molar-refractivity contribution is -0.139. The normalized spacial score (nSPS) is 28.4. The van der Waals surface area contributed by atoms with E-state index in [1.165, 1.54) is 0 Å². The third-order valence-corrected chi connectivity index (χ3v) is 4.18. The molecular weight excluding hydrogens is 273 g/mol. The molecule has 0 bridgehead atoms. The Bertz CT molecular complexity index is 556. The van der Waals surface area contributed by atoms with E-state index in [-0.39, 0.29) is 11.8 Å². The van der Waals surface area contributed by atoms with Crippen molar-refractivity contribution in [2.45, 2.75) is 18.4 Å². The Balaban J connectivity index is 2.14. The van der Waals surface area contributed by atoms with E-state index < -0.39 is 12.0 Å². The minimum absolute atomic E-state index is 0.0219. The van der Waals surface area contributed by atoms with Gasteiger partial charge >= 0.3 is 5.97 Å². The largest absolute Gasteiger partial charge is 0.480 e. The number of carboxylic acid groups (broad SMARTS) is 1. The first kappa shape index (κ1) is 11.9. The van der Waals surface area contributed by atoms with E-state index in [0.717, 1.165) is 17.7 Å². The molecule has 0 saturated heterocycles. The maximum atomic E-state index is 11.3. The number of anilines is 1. The molecule has 1 aliphatic heterocycles.